The van der Waals surface area contributed by atoms with Gasteiger partial charge in [0, 0.05) is 23.6 Å². The Balaban J connectivity index is 1.45. The summed E-state index contributed by atoms with van der Waals surface area (Å²) in [5, 5.41) is 17.8. The molecule has 3 fully saturated rings. The number of rotatable bonds is 6. The van der Waals surface area contributed by atoms with E-state index in [9.17, 15) is 14.7 Å². The summed E-state index contributed by atoms with van der Waals surface area (Å²) in [5.41, 5.74) is 0.655. The van der Waals surface area contributed by atoms with Gasteiger partial charge < -0.3 is 20.5 Å². The first kappa shape index (κ1) is 23.1. The third-order valence-corrected chi connectivity index (χ3v) is 8.54. The van der Waals surface area contributed by atoms with Crippen molar-refractivity contribution in [2.24, 2.45) is 29.1 Å². The number of ether oxygens (including phenoxy) is 1. The molecule has 6 heteroatoms. The predicted molar refractivity (Wildman–Crippen MR) is 123 cm³/mol. The van der Waals surface area contributed by atoms with Crippen molar-refractivity contribution in [3.05, 3.63) is 29.8 Å². The standard InChI is InChI=1S/C26H38N2O4/c1-15(24(30)27-18-7-8-18)20-11-13-26(3)14-12-21(16(2)22(26)23(20)29)28-25(31)17-5-9-19(32-4)10-6-17/h5-6,9-10,15-16,18,20-23,29H,7-8,11-14H2,1-4H3,(H,27,30)(H,28,31)/t15-,16+,20-,21-,22+,23-,26-/m0/s1. The third kappa shape index (κ3) is 4.52. The molecule has 0 spiro atoms. The monoisotopic (exact) mass is 442 g/mol. The van der Waals surface area contributed by atoms with Crippen LogP contribution in [0.2, 0.25) is 0 Å². The zero-order valence-electron chi connectivity index (χ0n) is 19.8. The van der Waals surface area contributed by atoms with Crippen LogP contribution < -0.4 is 15.4 Å². The lowest BCUT2D eigenvalue weighted by molar-refractivity contribution is -0.142. The summed E-state index contributed by atoms with van der Waals surface area (Å²) in [6, 6.07) is 7.47. The van der Waals surface area contributed by atoms with E-state index in [0.717, 1.165) is 44.3 Å². The van der Waals surface area contributed by atoms with Gasteiger partial charge in [-0.3, -0.25) is 9.59 Å². The lowest BCUT2D eigenvalue weighted by Gasteiger charge is -2.56. The minimum absolute atomic E-state index is 0.00618. The molecule has 0 heterocycles. The van der Waals surface area contributed by atoms with Crippen LogP contribution in [-0.4, -0.2) is 42.2 Å². The molecule has 7 atom stereocenters. The highest BCUT2D eigenvalue weighted by Crippen LogP contribution is 2.55. The van der Waals surface area contributed by atoms with Gasteiger partial charge in [-0.1, -0.05) is 20.8 Å². The molecule has 3 aliphatic rings. The molecule has 6 nitrogen and oxygen atoms in total. The van der Waals surface area contributed by atoms with Gasteiger partial charge in [-0.2, -0.15) is 0 Å². The summed E-state index contributed by atoms with van der Waals surface area (Å²) in [5.74, 6) is 0.668. The zero-order chi connectivity index (χ0) is 23.0. The Morgan fingerprint density at radius 1 is 1.09 bits per heavy atom. The maximum absolute atomic E-state index is 12.9. The molecule has 2 amide bonds. The topological polar surface area (TPSA) is 87.7 Å². The summed E-state index contributed by atoms with van der Waals surface area (Å²) in [7, 11) is 1.61. The normalized spacial score (nSPS) is 35.3. The summed E-state index contributed by atoms with van der Waals surface area (Å²) in [6.07, 6.45) is 5.38. The van der Waals surface area contributed by atoms with Crippen LogP contribution in [0.5, 0.6) is 5.75 Å². The highest BCUT2D eigenvalue weighted by atomic mass is 16.5. The van der Waals surface area contributed by atoms with Crippen LogP contribution in [-0.2, 0) is 4.79 Å². The SMILES string of the molecule is COc1ccc(C(=O)N[C@H]2CC[C@]3(C)CC[C@@H]([C@H](C)C(=O)NC4CC4)[C@H](O)[C@H]3[C@@H]2C)cc1. The van der Waals surface area contributed by atoms with Gasteiger partial charge in [0.1, 0.15) is 5.75 Å². The predicted octanol–water partition coefficient (Wildman–Crippen LogP) is 3.53. The Hall–Kier alpha value is -2.08. The second kappa shape index (κ2) is 9.05. The number of benzene rings is 1. The van der Waals surface area contributed by atoms with Crippen molar-refractivity contribution in [3.8, 4) is 5.75 Å². The van der Waals surface area contributed by atoms with E-state index < -0.39 is 6.10 Å². The first-order chi connectivity index (χ1) is 15.2. The fraction of sp³-hybridized carbons (Fsp3) is 0.692. The van der Waals surface area contributed by atoms with Crippen LogP contribution in [0.4, 0.5) is 0 Å². The number of methoxy groups -OCH3 is 1. The average Bonchev–Trinajstić information content (AvgIpc) is 3.59. The highest BCUT2D eigenvalue weighted by Gasteiger charge is 2.54. The molecule has 32 heavy (non-hydrogen) atoms. The summed E-state index contributed by atoms with van der Waals surface area (Å²) < 4.78 is 5.18. The van der Waals surface area contributed by atoms with Crippen molar-refractivity contribution >= 4 is 11.8 Å². The van der Waals surface area contributed by atoms with E-state index in [2.05, 4.69) is 24.5 Å². The molecule has 4 rings (SSSR count). The van der Waals surface area contributed by atoms with E-state index in [4.69, 9.17) is 4.74 Å². The summed E-state index contributed by atoms with van der Waals surface area (Å²) in [4.78, 5) is 25.6. The van der Waals surface area contributed by atoms with Crippen molar-refractivity contribution in [2.45, 2.75) is 77.5 Å². The van der Waals surface area contributed by atoms with E-state index >= 15 is 0 Å². The van der Waals surface area contributed by atoms with E-state index in [1.54, 1.807) is 31.4 Å². The fourth-order valence-electron chi connectivity index (χ4n) is 6.25. The molecule has 0 aliphatic heterocycles. The Labute approximate surface area is 191 Å². The molecule has 0 aromatic heterocycles. The number of hydrogen-bond acceptors (Lipinski definition) is 4. The van der Waals surface area contributed by atoms with E-state index in [-0.39, 0.29) is 46.9 Å². The van der Waals surface area contributed by atoms with Crippen molar-refractivity contribution in [1.29, 1.82) is 0 Å². The molecule has 3 saturated carbocycles. The number of amides is 2. The Bertz CT molecular complexity index is 837. The first-order valence-corrected chi connectivity index (χ1v) is 12.2. The van der Waals surface area contributed by atoms with Crippen LogP contribution in [0.25, 0.3) is 0 Å². The maximum Gasteiger partial charge on any atom is 0.251 e. The molecule has 176 valence electrons. The number of carbonyl (C=O) groups excluding carboxylic acids is 2. The number of aliphatic hydroxyl groups excluding tert-OH is 1. The van der Waals surface area contributed by atoms with Gasteiger partial charge in [-0.15, -0.1) is 0 Å². The molecule has 1 aromatic rings. The number of hydrogen-bond donors (Lipinski definition) is 3. The average molecular weight is 443 g/mol. The van der Waals surface area contributed by atoms with Crippen LogP contribution in [0, 0.1) is 29.1 Å². The molecule has 0 bridgehead atoms. The molecular formula is C26H38N2O4. The molecule has 3 aliphatic carbocycles. The third-order valence-electron chi connectivity index (χ3n) is 8.54. The van der Waals surface area contributed by atoms with Gasteiger partial charge in [0.15, 0.2) is 0 Å². The van der Waals surface area contributed by atoms with Crippen LogP contribution in [0.1, 0.15) is 69.7 Å². The largest absolute Gasteiger partial charge is 0.497 e. The summed E-state index contributed by atoms with van der Waals surface area (Å²) in [6.45, 7) is 6.40. The Kier molecular flexibility index (Phi) is 6.53. The second-order valence-corrected chi connectivity index (χ2v) is 10.7. The lowest BCUT2D eigenvalue weighted by atomic mass is 9.51. The second-order valence-electron chi connectivity index (χ2n) is 10.7. The van der Waals surface area contributed by atoms with Crippen molar-refractivity contribution in [1.82, 2.24) is 10.6 Å². The van der Waals surface area contributed by atoms with Crippen LogP contribution in [0.3, 0.4) is 0 Å². The number of fused-ring (bicyclic) bond motifs is 1. The molecule has 0 saturated heterocycles. The molecule has 3 N–H and O–H groups in total. The van der Waals surface area contributed by atoms with E-state index in [0.29, 0.717) is 11.6 Å². The number of nitrogens with one attached hydrogen (secondary N) is 2. The van der Waals surface area contributed by atoms with Crippen molar-refractivity contribution < 1.29 is 19.4 Å². The molecule has 1 aromatic carbocycles. The van der Waals surface area contributed by atoms with E-state index in [1.807, 2.05) is 6.92 Å². The van der Waals surface area contributed by atoms with Crippen molar-refractivity contribution in [2.75, 3.05) is 7.11 Å². The van der Waals surface area contributed by atoms with Crippen LogP contribution in [0.15, 0.2) is 24.3 Å². The Morgan fingerprint density at radius 3 is 2.38 bits per heavy atom. The molecular weight excluding hydrogens is 404 g/mol. The molecule has 0 unspecified atom stereocenters. The van der Waals surface area contributed by atoms with Gasteiger partial charge in [0.25, 0.3) is 5.91 Å². The van der Waals surface area contributed by atoms with E-state index in [1.165, 1.54) is 0 Å². The van der Waals surface area contributed by atoms with Crippen molar-refractivity contribution in [3.63, 3.8) is 0 Å². The smallest absolute Gasteiger partial charge is 0.251 e. The highest BCUT2D eigenvalue weighted by molar-refractivity contribution is 5.94. The lowest BCUT2D eigenvalue weighted by Crippen LogP contribution is -2.58. The van der Waals surface area contributed by atoms with Gasteiger partial charge >= 0.3 is 0 Å². The first-order valence-electron chi connectivity index (χ1n) is 12.2. The number of carbonyl (C=O) groups is 2. The maximum atomic E-state index is 12.9. The quantitative estimate of drug-likeness (QED) is 0.629. The Morgan fingerprint density at radius 2 is 1.75 bits per heavy atom. The van der Waals surface area contributed by atoms with Gasteiger partial charge in [-0.05, 0) is 86.0 Å². The minimum atomic E-state index is -0.538. The fourth-order valence-corrected chi connectivity index (χ4v) is 6.25. The van der Waals surface area contributed by atoms with Gasteiger partial charge in [0.05, 0.1) is 13.2 Å². The summed E-state index contributed by atoms with van der Waals surface area (Å²) >= 11 is 0. The molecule has 0 radical (unpaired) electrons. The minimum Gasteiger partial charge on any atom is -0.497 e. The number of aliphatic hydroxyl groups is 1. The van der Waals surface area contributed by atoms with Gasteiger partial charge in [-0.25, -0.2) is 0 Å². The van der Waals surface area contributed by atoms with Gasteiger partial charge in [0.2, 0.25) is 5.91 Å². The zero-order valence-corrected chi connectivity index (χ0v) is 19.8. The van der Waals surface area contributed by atoms with Crippen LogP contribution >= 0.6 is 0 Å².